The number of carbonyl (C=O) groups excluding carboxylic acids is 2. The van der Waals surface area contributed by atoms with Crippen molar-refractivity contribution in [2.24, 2.45) is 0 Å². The number of nitrogens with one attached hydrogen (secondary N) is 1. The van der Waals surface area contributed by atoms with Crippen molar-refractivity contribution in [2.45, 2.75) is 49.4 Å². The van der Waals surface area contributed by atoms with Gasteiger partial charge in [0.25, 0.3) is 5.91 Å². The van der Waals surface area contributed by atoms with E-state index in [-0.39, 0.29) is 16.8 Å². The van der Waals surface area contributed by atoms with Crippen molar-refractivity contribution in [1.29, 1.82) is 0 Å². The van der Waals surface area contributed by atoms with Crippen molar-refractivity contribution in [2.75, 3.05) is 13.2 Å². The fourth-order valence-electron chi connectivity index (χ4n) is 4.11. The van der Waals surface area contributed by atoms with E-state index in [4.69, 9.17) is 16.3 Å². The van der Waals surface area contributed by atoms with E-state index in [9.17, 15) is 22.8 Å². The number of alkyl halides is 3. The standard InChI is InChI=1S/C19H18ClF3N2O4S/c1-10(26)24-25-17(27)16-12(9-18(25)2-4-28-5-3-18)6-11-7-13(20)14(8-15(11)30-16)29-19(21,22)23/h7-8H,2-6,9H2,1H3,(H,24,26). The molecule has 3 aliphatic heterocycles. The van der Waals surface area contributed by atoms with E-state index in [0.717, 1.165) is 22.9 Å². The largest absolute Gasteiger partial charge is 0.573 e. The van der Waals surface area contributed by atoms with Crippen molar-refractivity contribution in [1.82, 2.24) is 10.4 Å². The molecule has 0 atom stereocenters. The van der Waals surface area contributed by atoms with Crippen LogP contribution in [0.5, 0.6) is 5.75 Å². The lowest BCUT2D eigenvalue weighted by Crippen LogP contribution is -2.64. The number of rotatable bonds is 2. The third-order valence-electron chi connectivity index (χ3n) is 5.38. The van der Waals surface area contributed by atoms with Crippen LogP contribution in [0.1, 0.15) is 31.7 Å². The molecule has 3 aliphatic rings. The Balaban J connectivity index is 1.70. The molecule has 1 N–H and O–H groups in total. The maximum absolute atomic E-state index is 13.3. The molecule has 1 fully saturated rings. The predicted molar refractivity (Wildman–Crippen MR) is 103 cm³/mol. The number of nitrogens with zero attached hydrogens (tertiary/aromatic N) is 1. The van der Waals surface area contributed by atoms with Gasteiger partial charge in [0, 0.05) is 25.0 Å². The number of amides is 2. The Kier molecular flexibility index (Phi) is 5.44. The lowest BCUT2D eigenvalue weighted by molar-refractivity contribution is -0.274. The molecule has 4 rings (SSSR count). The van der Waals surface area contributed by atoms with Crippen LogP contribution in [0.2, 0.25) is 5.02 Å². The Morgan fingerprint density at radius 2 is 2.03 bits per heavy atom. The summed E-state index contributed by atoms with van der Waals surface area (Å²) in [5.41, 5.74) is 3.69. The van der Waals surface area contributed by atoms with Gasteiger partial charge in [-0.3, -0.25) is 15.0 Å². The molecule has 3 heterocycles. The monoisotopic (exact) mass is 462 g/mol. The van der Waals surface area contributed by atoms with E-state index in [1.165, 1.54) is 24.1 Å². The molecule has 0 radical (unpaired) electrons. The number of thioether (sulfide) groups is 1. The summed E-state index contributed by atoms with van der Waals surface area (Å²) in [5, 5.41) is 1.25. The van der Waals surface area contributed by atoms with Crippen LogP contribution in [0.3, 0.4) is 0 Å². The lowest BCUT2D eigenvalue weighted by Gasteiger charge is -2.50. The first-order valence-electron chi connectivity index (χ1n) is 9.25. The second-order valence-corrected chi connectivity index (χ2v) is 8.93. The van der Waals surface area contributed by atoms with Crippen LogP contribution in [0.15, 0.2) is 27.5 Å². The van der Waals surface area contributed by atoms with E-state index in [2.05, 4.69) is 10.2 Å². The highest BCUT2D eigenvalue weighted by Crippen LogP contribution is 2.50. The Labute approximate surface area is 179 Å². The van der Waals surface area contributed by atoms with Gasteiger partial charge in [-0.2, -0.15) is 0 Å². The van der Waals surface area contributed by atoms with Crippen LogP contribution in [0.25, 0.3) is 0 Å². The third-order valence-corrected chi connectivity index (χ3v) is 6.95. The quantitative estimate of drug-likeness (QED) is 0.720. The van der Waals surface area contributed by atoms with Gasteiger partial charge in [-0.05, 0) is 49.0 Å². The molecule has 0 aromatic heterocycles. The molecule has 0 aliphatic carbocycles. The minimum absolute atomic E-state index is 0.140. The second-order valence-electron chi connectivity index (χ2n) is 7.47. The molecule has 30 heavy (non-hydrogen) atoms. The first-order valence-corrected chi connectivity index (χ1v) is 10.4. The molecule has 2 amide bonds. The third kappa shape index (κ3) is 4.00. The van der Waals surface area contributed by atoms with Crippen LogP contribution >= 0.6 is 23.4 Å². The Bertz CT molecular complexity index is 944. The lowest BCUT2D eigenvalue weighted by atomic mass is 9.78. The van der Waals surface area contributed by atoms with Crippen molar-refractivity contribution in [3.8, 4) is 5.75 Å². The van der Waals surface area contributed by atoms with Crippen molar-refractivity contribution < 1.29 is 32.2 Å². The minimum Gasteiger partial charge on any atom is -0.404 e. The van der Waals surface area contributed by atoms with Gasteiger partial charge in [0.1, 0.15) is 5.75 Å². The van der Waals surface area contributed by atoms with Crippen LogP contribution in [-0.4, -0.2) is 41.9 Å². The van der Waals surface area contributed by atoms with E-state index in [1.54, 1.807) is 0 Å². The molecule has 11 heteroatoms. The first kappa shape index (κ1) is 21.3. The second kappa shape index (κ2) is 7.65. The summed E-state index contributed by atoms with van der Waals surface area (Å²) in [7, 11) is 0. The van der Waals surface area contributed by atoms with Crippen LogP contribution in [0.4, 0.5) is 13.2 Å². The summed E-state index contributed by atoms with van der Waals surface area (Å²) in [5.74, 6) is -1.24. The maximum Gasteiger partial charge on any atom is 0.573 e. The summed E-state index contributed by atoms with van der Waals surface area (Å²) < 4.78 is 47.4. The fourth-order valence-corrected chi connectivity index (χ4v) is 5.45. The number of carbonyl (C=O) groups is 2. The number of halogens is 4. The number of hydrogen-bond acceptors (Lipinski definition) is 5. The smallest absolute Gasteiger partial charge is 0.404 e. The zero-order valence-electron chi connectivity index (χ0n) is 15.9. The van der Waals surface area contributed by atoms with Crippen LogP contribution < -0.4 is 10.2 Å². The summed E-state index contributed by atoms with van der Waals surface area (Å²) in [6, 6.07) is 2.66. The van der Waals surface area contributed by atoms with Crippen molar-refractivity contribution in [3.63, 3.8) is 0 Å². The summed E-state index contributed by atoms with van der Waals surface area (Å²) >= 11 is 7.08. The number of benzene rings is 1. The molecule has 1 spiro atoms. The zero-order valence-corrected chi connectivity index (χ0v) is 17.5. The Hall–Kier alpha value is -1.91. The minimum atomic E-state index is -4.88. The normalized spacial score (nSPS) is 20.7. The molecular formula is C19H18ClF3N2O4S. The van der Waals surface area contributed by atoms with Gasteiger partial charge in [0.2, 0.25) is 5.91 Å². The summed E-state index contributed by atoms with van der Waals surface area (Å²) in [6.07, 6.45) is -2.78. The van der Waals surface area contributed by atoms with Crippen LogP contribution in [-0.2, 0) is 20.7 Å². The van der Waals surface area contributed by atoms with E-state index in [1.807, 2.05) is 0 Å². The topological polar surface area (TPSA) is 67.9 Å². The highest BCUT2D eigenvalue weighted by Gasteiger charge is 2.49. The highest BCUT2D eigenvalue weighted by molar-refractivity contribution is 8.04. The van der Waals surface area contributed by atoms with Crippen molar-refractivity contribution >= 4 is 35.2 Å². The summed E-state index contributed by atoms with van der Waals surface area (Å²) in [6.45, 7) is 2.27. The Morgan fingerprint density at radius 1 is 1.33 bits per heavy atom. The predicted octanol–water partition coefficient (Wildman–Crippen LogP) is 3.97. The zero-order chi connectivity index (χ0) is 21.7. The molecule has 1 aromatic rings. The van der Waals surface area contributed by atoms with Gasteiger partial charge in [-0.1, -0.05) is 23.4 Å². The molecule has 1 saturated heterocycles. The molecule has 0 bridgehead atoms. The van der Waals surface area contributed by atoms with Gasteiger partial charge >= 0.3 is 6.36 Å². The molecule has 1 aromatic carbocycles. The van der Waals surface area contributed by atoms with Crippen molar-refractivity contribution in [3.05, 3.63) is 33.2 Å². The fraction of sp³-hybridized carbons (Fsp3) is 0.474. The van der Waals surface area contributed by atoms with E-state index in [0.29, 0.717) is 48.7 Å². The molecule has 0 saturated carbocycles. The van der Waals surface area contributed by atoms with Gasteiger partial charge in [0.05, 0.1) is 15.5 Å². The number of hydrazine groups is 1. The van der Waals surface area contributed by atoms with Gasteiger partial charge < -0.3 is 9.47 Å². The summed E-state index contributed by atoms with van der Waals surface area (Å²) in [4.78, 5) is 26.0. The van der Waals surface area contributed by atoms with Gasteiger partial charge in [-0.15, -0.1) is 13.2 Å². The molecular weight excluding hydrogens is 445 g/mol. The SMILES string of the molecule is CC(=O)NN1C(=O)C2=C(Cc3cc(Cl)c(OC(F)(F)F)cc3S2)CC12CCOCC2. The van der Waals surface area contributed by atoms with Gasteiger partial charge in [-0.25, -0.2) is 5.01 Å². The average Bonchev–Trinajstić information content (AvgIpc) is 2.64. The number of fused-ring (bicyclic) bond motifs is 1. The Morgan fingerprint density at radius 3 is 2.67 bits per heavy atom. The number of hydrogen-bond donors (Lipinski definition) is 1. The van der Waals surface area contributed by atoms with Gasteiger partial charge in [0.15, 0.2) is 0 Å². The molecule has 6 nitrogen and oxygen atoms in total. The maximum atomic E-state index is 13.3. The molecule has 0 unspecified atom stereocenters. The molecule has 162 valence electrons. The highest BCUT2D eigenvalue weighted by atomic mass is 35.5. The number of ether oxygens (including phenoxy) is 2. The van der Waals surface area contributed by atoms with E-state index < -0.39 is 17.7 Å². The average molecular weight is 463 g/mol. The first-order chi connectivity index (χ1) is 14.1. The van der Waals surface area contributed by atoms with E-state index >= 15 is 0 Å². The van der Waals surface area contributed by atoms with Crippen LogP contribution in [0, 0.1) is 0 Å².